The van der Waals surface area contributed by atoms with Crippen molar-refractivity contribution in [2.45, 2.75) is 33.6 Å². The number of aromatic nitrogens is 2. The number of aryl methyl sites for hydroxylation is 2. The van der Waals surface area contributed by atoms with Crippen LogP contribution in [0.1, 0.15) is 36.8 Å². The number of benzene rings is 1. The van der Waals surface area contributed by atoms with Crippen LogP contribution in [0.4, 0.5) is 5.69 Å². The summed E-state index contributed by atoms with van der Waals surface area (Å²) >= 11 is 0. The van der Waals surface area contributed by atoms with Gasteiger partial charge in [-0.05, 0) is 37.5 Å². The van der Waals surface area contributed by atoms with Gasteiger partial charge >= 0.3 is 0 Å². The summed E-state index contributed by atoms with van der Waals surface area (Å²) in [7, 11) is 1.66. The average molecular weight is 271 g/mol. The van der Waals surface area contributed by atoms with E-state index in [0.717, 1.165) is 22.7 Å². The average Bonchev–Trinajstić information content (AvgIpc) is 2.42. The highest BCUT2D eigenvalue weighted by Crippen LogP contribution is 2.35. The van der Waals surface area contributed by atoms with Gasteiger partial charge in [-0.25, -0.2) is 9.97 Å². The minimum atomic E-state index is 0.435. The maximum absolute atomic E-state index is 6.15. The summed E-state index contributed by atoms with van der Waals surface area (Å²) in [4.78, 5) is 8.79. The molecule has 0 spiro atoms. The van der Waals surface area contributed by atoms with Gasteiger partial charge < -0.3 is 10.5 Å². The monoisotopic (exact) mass is 271 g/mol. The zero-order valence-corrected chi connectivity index (χ0v) is 12.7. The molecule has 0 unspecified atom stereocenters. The van der Waals surface area contributed by atoms with Crippen LogP contribution in [0.25, 0.3) is 11.3 Å². The number of ether oxygens (including phenoxy) is 1. The smallest absolute Gasteiger partial charge is 0.128 e. The predicted octanol–water partition coefficient (Wildman–Crippen LogP) is 3.47. The molecule has 0 bridgehead atoms. The van der Waals surface area contributed by atoms with Gasteiger partial charge in [0.05, 0.1) is 18.5 Å². The lowest BCUT2D eigenvalue weighted by Crippen LogP contribution is -2.03. The van der Waals surface area contributed by atoms with Crippen molar-refractivity contribution in [2.24, 2.45) is 0 Å². The molecule has 1 aromatic carbocycles. The maximum Gasteiger partial charge on any atom is 0.128 e. The van der Waals surface area contributed by atoms with Crippen LogP contribution in [0.3, 0.4) is 0 Å². The first-order valence-electron chi connectivity index (χ1n) is 6.73. The topological polar surface area (TPSA) is 61.0 Å². The Bertz CT molecular complexity index is 636. The third-order valence-electron chi connectivity index (χ3n) is 3.39. The Kier molecular flexibility index (Phi) is 3.93. The number of methoxy groups -OCH3 is 1. The summed E-state index contributed by atoms with van der Waals surface area (Å²) < 4.78 is 5.45. The van der Waals surface area contributed by atoms with Crippen molar-refractivity contribution in [3.8, 4) is 17.0 Å². The summed E-state index contributed by atoms with van der Waals surface area (Å²) in [5, 5.41) is 0. The standard InChI is InChI=1S/C16H21N3O/c1-9(2)12-6-7-14(20-5)13(8-12)16-15(17)10(3)18-11(4)19-16/h6-9H,17H2,1-5H3. The van der Waals surface area contributed by atoms with E-state index < -0.39 is 0 Å². The van der Waals surface area contributed by atoms with Gasteiger partial charge in [0.25, 0.3) is 0 Å². The molecule has 0 aliphatic carbocycles. The van der Waals surface area contributed by atoms with Gasteiger partial charge in [-0.1, -0.05) is 19.9 Å². The molecule has 2 rings (SSSR count). The van der Waals surface area contributed by atoms with Gasteiger partial charge in [-0.3, -0.25) is 0 Å². The molecule has 0 radical (unpaired) electrons. The van der Waals surface area contributed by atoms with Crippen LogP contribution >= 0.6 is 0 Å². The number of hydrogen-bond donors (Lipinski definition) is 1. The number of nitrogens with zero attached hydrogens (tertiary/aromatic N) is 2. The highest BCUT2D eigenvalue weighted by Gasteiger charge is 2.15. The third-order valence-corrected chi connectivity index (χ3v) is 3.39. The van der Waals surface area contributed by atoms with Crippen LogP contribution < -0.4 is 10.5 Å². The highest BCUT2D eigenvalue weighted by molar-refractivity contribution is 5.78. The molecule has 2 N–H and O–H groups in total. The first-order valence-corrected chi connectivity index (χ1v) is 6.73. The van der Waals surface area contributed by atoms with E-state index in [-0.39, 0.29) is 0 Å². The second kappa shape index (κ2) is 5.49. The number of hydrogen-bond acceptors (Lipinski definition) is 4. The molecule has 4 heteroatoms. The van der Waals surface area contributed by atoms with Gasteiger partial charge in [0.15, 0.2) is 0 Å². The summed E-state index contributed by atoms with van der Waals surface area (Å²) in [6.45, 7) is 8.08. The van der Waals surface area contributed by atoms with Crippen LogP contribution in [0.2, 0.25) is 0 Å². The molecular weight excluding hydrogens is 250 g/mol. The van der Waals surface area contributed by atoms with Crippen molar-refractivity contribution >= 4 is 5.69 Å². The van der Waals surface area contributed by atoms with Crippen molar-refractivity contribution < 1.29 is 4.74 Å². The van der Waals surface area contributed by atoms with E-state index in [1.807, 2.05) is 19.9 Å². The van der Waals surface area contributed by atoms with E-state index in [9.17, 15) is 0 Å². The fourth-order valence-corrected chi connectivity index (χ4v) is 2.20. The lowest BCUT2D eigenvalue weighted by molar-refractivity contribution is 0.416. The van der Waals surface area contributed by atoms with Gasteiger partial charge in [-0.2, -0.15) is 0 Å². The van der Waals surface area contributed by atoms with Gasteiger partial charge in [0.1, 0.15) is 17.3 Å². The first-order chi connectivity index (χ1) is 9.43. The van der Waals surface area contributed by atoms with Gasteiger partial charge in [0, 0.05) is 5.56 Å². The summed E-state index contributed by atoms with van der Waals surface area (Å²) in [6, 6.07) is 6.14. The van der Waals surface area contributed by atoms with Crippen LogP contribution in [-0.4, -0.2) is 17.1 Å². The normalized spacial score (nSPS) is 10.9. The van der Waals surface area contributed by atoms with Gasteiger partial charge in [-0.15, -0.1) is 0 Å². The van der Waals surface area contributed by atoms with E-state index >= 15 is 0 Å². The largest absolute Gasteiger partial charge is 0.496 e. The van der Waals surface area contributed by atoms with Crippen LogP contribution in [0.15, 0.2) is 18.2 Å². The van der Waals surface area contributed by atoms with Crippen LogP contribution in [0, 0.1) is 13.8 Å². The molecule has 106 valence electrons. The number of anilines is 1. The molecule has 20 heavy (non-hydrogen) atoms. The quantitative estimate of drug-likeness (QED) is 0.928. The van der Waals surface area contributed by atoms with Crippen molar-refractivity contribution in [1.82, 2.24) is 9.97 Å². The molecule has 1 aromatic heterocycles. The van der Waals surface area contributed by atoms with E-state index in [2.05, 4.69) is 35.9 Å². The lowest BCUT2D eigenvalue weighted by Gasteiger charge is -2.15. The van der Waals surface area contributed by atoms with Crippen LogP contribution in [0.5, 0.6) is 5.75 Å². The van der Waals surface area contributed by atoms with Crippen molar-refractivity contribution in [2.75, 3.05) is 12.8 Å². The predicted molar refractivity (Wildman–Crippen MR) is 82.0 cm³/mol. The van der Waals surface area contributed by atoms with E-state index in [1.54, 1.807) is 7.11 Å². The highest BCUT2D eigenvalue weighted by atomic mass is 16.5. The summed E-state index contributed by atoms with van der Waals surface area (Å²) in [5.41, 5.74) is 10.5. The molecule has 0 fully saturated rings. The van der Waals surface area contributed by atoms with E-state index in [1.165, 1.54) is 5.56 Å². The Hall–Kier alpha value is -2.10. The minimum absolute atomic E-state index is 0.435. The molecule has 2 aromatic rings. The Labute approximate surface area is 120 Å². The maximum atomic E-state index is 6.15. The molecular formula is C16H21N3O. The SMILES string of the molecule is COc1ccc(C(C)C)cc1-c1nc(C)nc(C)c1N. The fourth-order valence-electron chi connectivity index (χ4n) is 2.20. The number of rotatable bonds is 3. The molecule has 4 nitrogen and oxygen atoms in total. The Morgan fingerprint density at radius 2 is 1.85 bits per heavy atom. The van der Waals surface area contributed by atoms with Crippen LogP contribution in [-0.2, 0) is 0 Å². The number of nitrogens with two attached hydrogens (primary N) is 1. The van der Waals surface area contributed by atoms with Crippen molar-refractivity contribution in [3.63, 3.8) is 0 Å². The third kappa shape index (κ3) is 2.59. The van der Waals surface area contributed by atoms with E-state index in [4.69, 9.17) is 10.5 Å². The summed E-state index contributed by atoms with van der Waals surface area (Å²) in [6.07, 6.45) is 0. The van der Waals surface area contributed by atoms with E-state index in [0.29, 0.717) is 17.4 Å². The summed E-state index contributed by atoms with van der Waals surface area (Å²) in [5.74, 6) is 1.92. The Balaban J connectivity index is 2.70. The number of nitrogen functional groups attached to an aromatic ring is 1. The minimum Gasteiger partial charge on any atom is -0.496 e. The second-order valence-electron chi connectivity index (χ2n) is 5.23. The molecule has 0 aliphatic heterocycles. The Morgan fingerprint density at radius 1 is 1.15 bits per heavy atom. The van der Waals surface area contributed by atoms with Gasteiger partial charge in [0.2, 0.25) is 0 Å². The second-order valence-corrected chi connectivity index (χ2v) is 5.23. The molecule has 0 aliphatic rings. The molecule has 1 heterocycles. The molecule has 0 saturated carbocycles. The molecule has 0 saturated heterocycles. The fraction of sp³-hybridized carbons (Fsp3) is 0.375. The lowest BCUT2D eigenvalue weighted by atomic mass is 9.98. The Morgan fingerprint density at radius 3 is 2.45 bits per heavy atom. The molecule has 0 amide bonds. The first kappa shape index (κ1) is 14.3. The van der Waals surface area contributed by atoms with Crippen molar-refractivity contribution in [1.29, 1.82) is 0 Å². The zero-order chi connectivity index (χ0) is 14.9. The molecule has 0 atom stereocenters. The zero-order valence-electron chi connectivity index (χ0n) is 12.7. The van der Waals surface area contributed by atoms with Crippen molar-refractivity contribution in [3.05, 3.63) is 35.3 Å².